The number of rotatable bonds is 4. The summed E-state index contributed by atoms with van der Waals surface area (Å²) in [5.74, 6) is 0.653. The summed E-state index contributed by atoms with van der Waals surface area (Å²) in [4.78, 5) is 20.5. The summed E-state index contributed by atoms with van der Waals surface area (Å²) >= 11 is 9.08. The third kappa shape index (κ3) is 4.17. The standard InChI is InChI=1S/C22H23ClN2O2S2/c1-13-6-5-7-15(10-13)25-20(26)18-16-11-22(3,4)27-12-17(16)29-19(18)24-21(25)28-9-8-14(2)23/h5-8,10H,9,11-12H2,1-4H3. The molecular weight excluding hydrogens is 424 g/mol. The number of benzene rings is 1. The molecule has 152 valence electrons. The first-order valence-corrected chi connectivity index (χ1v) is 11.7. The second-order valence-corrected chi connectivity index (χ2v) is 10.6. The summed E-state index contributed by atoms with van der Waals surface area (Å²) in [6.45, 7) is 8.54. The van der Waals surface area contributed by atoms with Gasteiger partial charge in [0.1, 0.15) is 4.83 Å². The molecule has 4 rings (SSSR count). The minimum atomic E-state index is -0.280. The van der Waals surface area contributed by atoms with Crippen LogP contribution >= 0.6 is 34.7 Å². The van der Waals surface area contributed by atoms with E-state index in [-0.39, 0.29) is 11.2 Å². The predicted octanol–water partition coefficient (Wildman–Crippen LogP) is 5.84. The molecule has 4 nitrogen and oxygen atoms in total. The molecule has 0 radical (unpaired) electrons. The van der Waals surface area contributed by atoms with Gasteiger partial charge in [-0.3, -0.25) is 9.36 Å². The largest absolute Gasteiger partial charge is 0.370 e. The van der Waals surface area contributed by atoms with Gasteiger partial charge in [-0.2, -0.15) is 0 Å². The highest BCUT2D eigenvalue weighted by Gasteiger charge is 2.31. The molecule has 29 heavy (non-hydrogen) atoms. The Bertz CT molecular complexity index is 1170. The minimum Gasteiger partial charge on any atom is -0.370 e. The fourth-order valence-electron chi connectivity index (χ4n) is 3.50. The zero-order valence-electron chi connectivity index (χ0n) is 16.9. The first kappa shape index (κ1) is 20.7. The molecule has 0 unspecified atom stereocenters. The minimum absolute atomic E-state index is 0.00937. The summed E-state index contributed by atoms with van der Waals surface area (Å²) in [5.41, 5.74) is 2.74. The number of thiophene rings is 1. The molecule has 3 aromatic rings. The maximum atomic E-state index is 13.7. The molecule has 0 atom stereocenters. The monoisotopic (exact) mass is 446 g/mol. The second-order valence-electron chi connectivity index (χ2n) is 7.88. The number of thioether (sulfide) groups is 1. The van der Waals surface area contributed by atoms with E-state index >= 15 is 0 Å². The van der Waals surface area contributed by atoms with Crippen LogP contribution in [-0.4, -0.2) is 20.9 Å². The number of nitrogens with zero attached hydrogens (tertiary/aromatic N) is 2. The SMILES string of the molecule is CC(Cl)=CCSc1nc2sc3c(c2c(=O)n1-c1cccc(C)c1)CC(C)(C)OC3. The number of halogens is 1. The van der Waals surface area contributed by atoms with E-state index in [0.717, 1.165) is 36.9 Å². The van der Waals surface area contributed by atoms with Gasteiger partial charge in [0.2, 0.25) is 0 Å². The lowest BCUT2D eigenvalue weighted by Gasteiger charge is -2.29. The molecule has 0 spiro atoms. The molecule has 0 saturated carbocycles. The topological polar surface area (TPSA) is 44.1 Å². The van der Waals surface area contributed by atoms with Crippen LogP contribution in [-0.2, 0) is 17.8 Å². The van der Waals surface area contributed by atoms with Crippen molar-refractivity contribution in [2.75, 3.05) is 5.75 Å². The van der Waals surface area contributed by atoms with Crippen LogP contribution in [0.5, 0.6) is 0 Å². The van der Waals surface area contributed by atoms with Crippen molar-refractivity contribution in [2.45, 2.75) is 51.5 Å². The van der Waals surface area contributed by atoms with Crippen molar-refractivity contribution in [2.24, 2.45) is 0 Å². The van der Waals surface area contributed by atoms with Gasteiger partial charge in [-0.05, 0) is 51.0 Å². The van der Waals surface area contributed by atoms with Crippen LogP contribution in [0, 0.1) is 6.92 Å². The fourth-order valence-corrected chi connectivity index (χ4v) is 5.77. The molecule has 0 fully saturated rings. The van der Waals surface area contributed by atoms with Gasteiger partial charge in [0, 0.05) is 22.1 Å². The van der Waals surface area contributed by atoms with E-state index in [4.69, 9.17) is 21.3 Å². The highest BCUT2D eigenvalue weighted by atomic mass is 35.5. The Hall–Kier alpha value is -1.60. The molecule has 7 heteroatoms. The molecule has 0 N–H and O–H groups in total. The highest BCUT2D eigenvalue weighted by Crippen LogP contribution is 2.38. The van der Waals surface area contributed by atoms with Gasteiger partial charge >= 0.3 is 0 Å². The van der Waals surface area contributed by atoms with Crippen LogP contribution in [0.25, 0.3) is 15.9 Å². The van der Waals surface area contributed by atoms with E-state index in [9.17, 15) is 4.79 Å². The van der Waals surface area contributed by atoms with Gasteiger partial charge in [-0.25, -0.2) is 4.98 Å². The lowest BCUT2D eigenvalue weighted by molar-refractivity contribution is -0.0379. The fraction of sp³-hybridized carbons (Fsp3) is 0.364. The summed E-state index contributed by atoms with van der Waals surface area (Å²) in [6.07, 6.45) is 2.65. The van der Waals surface area contributed by atoms with Crippen molar-refractivity contribution in [3.63, 3.8) is 0 Å². The zero-order valence-corrected chi connectivity index (χ0v) is 19.3. The van der Waals surface area contributed by atoms with Gasteiger partial charge in [0.15, 0.2) is 5.16 Å². The number of allylic oxidation sites excluding steroid dienone is 1. The Morgan fingerprint density at radius 1 is 1.45 bits per heavy atom. The van der Waals surface area contributed by atoms with Gasteiger partial charge in [-0.15, -0.1) is 11.3 Å². The van der Waals surface area contributed by atoms with Gasteiger partial charge in [0.25, 0.3) is 5.56 Å². The highest BCUT2D eigenvalue weighted by molar-refractivity contribution is 7.99. The van der Waals surface area contributed by atoms with Crippen LogP contribution < -0.4 is 5.56 Å². The quantitative estimate of drug-likeness (QED) is 0.373. The van der Waals surface area contributed by atoms with Crippen LogP contribution in [0.2, 0.25) is 0 Å². The smallest absolute Gasteiger partial charge is 0.267 e. The van der Waals surface area contributed by atoms with E-state index in [1.807, 2.05) is 44.2 Å². The summed E-state index contributed by atoms with van der Waals surface area (Å²) in [5, 5.41) is 2.14. The molecule has 1 aliphatic rings. The second kappa shape index (κ2) is 7.91. The van der Waals surface area contributed by atoms with E-state index in [2.05, 4.69) is 13.8 Å². The molecule has 0 amide bonds. The number of fused-ring (bicyclic) bond motifs is 3. The van der Waals surface area contributed by atoms with Crippen molar-refractivity contribution in [1.82, 2.24) is 9.55 Å². The molecule has 0 bridgehead atoms. The normalized spacial score (nSPS) is 16.2. The first-order valence-electron chi connectivity index (χ1n) is 9.48. The van der Waals surface area contributed by atoms with Crippen LogP contribution in [0.4, 0.5) is 0 Å². The average Bonchev–Trinajstić information content (AvgIpc) is 2.98. The van der Waals surface area contributed by atoms with Gasteiger partial charge in [-0.1, -0.05) is 41.6 Å². The Balaban J connectivity index is 1.95. The molecule has 1 aliphatic heterocycles. The molecular formula is C22H23ClN2O2S2. The number of aromatic nitrogens is 2. The van der Waals surface area contributed by atoms with Crippen LogP contribution in [0.1, 0.15) is 36.8 Å². The van der Waals surface area contributed by atoms with Crippen molar-refractivity contribution in [3.05, 3.63) is 61.7 Å². The Morgan fingerprint density at radius 2 is 2.24 bits per heavy atom. The summed E-state index contributed by atoms with van der Waals surface area (Å²) in [6, 6.07) is 7.98. The molecule has 2 aromatic heterocycles. The van der Waals surface area contributed by atoms with Crippen LogP contribution in [0.15, 0.2) is 45.3 Å². The maximum Gasteiger partial charge on any atom is 0.267 e. The van der Waals surface area contributed by atoms with Gasteiger partial charge in [0.05, 0.1) is 23.3 Å². The molecule has 0 saturated heterocycles. The number of hydrogen-bond donors (Lipinski definition) is 0. The third-order valence-corrected chi connectivity index (χ3v) is 7.03. The lowest BCUT2D eigenvalue weighted by atomic mass is 9.94. The summed E-state index contributed by atoms with van der Waals surface area (Å²) < 4.78 is 7.70. The Kier molecular flexibility index (Phi) is 5.64. The van der Waals surface area contributed by atoms with E-state index in [1.165, 1.54) is 11.8 Å². The number of ether oxygens (including phenoxy) is 1. The summed E-state index contributed by atoms with van der Waals surface area (Å²) in [7, 11) is 0. The van der Waals surface area contributed by atoms with Gasteiger partial charge < -0.3 is 4.74 Å². The molecule has 1 aromatic carbocycles. The zero-order chi connectivity index (χ0) is 20.8. The lowest BCUT2D eigenvalue weighted by Crippen LogP contribution is -2.32. The van der Waals surface area contributed by atoms with Crippen LogP contribution in [0.3, 0.4) is 0 Å². The number of hydrogen-bond acceptors (Lipinski definition) is 5. The number of aryl methyl sites for hydroxylation is 1. The predicted molar refractivity (Wildman–Crippen MR) is 123 cm³/mol. The van der Waals surface area contributed by atoms with Crippen molar-refractivity contribution in [3.8, 4) is 5.69 Å². The third-order valence-electron chi connectivity index (χ3n) is 4.91. The van der Waals surface area contributed by atoms with E-state index < -0.39 is 0 Å². The Labute approximate surface area is 183 Å². The average molecular weight is 447 g/mol. The van der Waals surface area contributed by atoms with E-state index in [1.54, 1.807) is 15.9 Å². The van der Waals surface area contributed by atoms with Crippen molar-refractivity contribution >= 4 is 44.9 Å². The van der Waals surface area contributed by atoms with E-state index in [0.29, 0.717) is 23.9 Å². The van der Waals surface area contributed by atoms with Crippen molar-refractivity contribution in [1.29, 1.82) is 0 Å². The first-order chi connectivity index (χ1) is 13.7. The molecule has 3 heterocycles. The molecule has 0 aliphatic carbocycles. The maximum absolute atomic E-state index is 13.7. The van der Waals surface area contributed by atoms with Crippen molar-refractivity contribution < 1.29 is 4.74 Å². The Morgan fingerprint density at radius 3 is 2.97 bits per heavy atom.